The summed E-state index contributed by atoms with van der Waals surface area (Å²) in [5.74, 6) is 2.46. The van der Waals surface area contributed by atoms with Crippen LogP contribution in [0.3, 0.4) is 0 Å². The third-order valence-corrected chi connectivity index (χ3v) is 7.50. The van der Waals surface area contributed by atoms with Crippen molar-refractivity contribution in [2.45, 2.75) is 44.2 Å². The minimum Gasteiger partial charge on any atom is -0.504 e. The molecule has 1 heterocycles. The zero-order valence-electron chi connectivity index (χ0n) is 16.1. The van der Waals surface area contributed by atoms with E-state index in [1.807, 2.05) is 13.2 Å². The van der Waals surface area contributed by atoms with Crippen LogP contribution in [0.25, 0.3) is 0 Å². The predicted molar refractivity (Wildman–Crippen MR) is 103 cm³/mol. The van der Waals surface area contributed by atoms with Crippen LogP contribution < -0.4 is 4.74 Å². The van der Waals surface area contributed by atoms with Gasteiger partial charge in [-0.15, -0.1) is 6.58 Å². The lowest BCUT2D eigenvalue weighted by atomic mass is 9.57. The van der Waals surface area contributed by atoms with Crippen molar-refractivity contribution in [3.63, 3.8) is 0 Å². The fraction of sp³-hybridized carbons (Fsp3) is 0.636. The molecule has 4 nitrogen and oxygen atoms in total. The van der Waals surface area contributed by atoms with Crippen molar-refractivity contribution in [2.75, 3.05) is 27.3 Å². The van der Waals surface area contributed by atoms with Gasteiger partial charge in [-0.1, -0.05) is 25.1 Å². The fourth-order valence-electron chi connectivity index (χ4n) is 6.63. The summed E-state index contributed by atoms with van der Waals surface area (Å²) in [4.78, 5) is 2.63. The number of hydrogen-bond donors (Lipinski definition) is 1. The minimum atomic E-state index is -0.0208. The van der Waals surface area contributed by atoms with Gasteiger partial charge in [0.1, 0.15) is 0 Å². The number of likely N-dealkylation sites (N-methyl/N-ethyl adjacent to an activating group) is 1. The highest BCUT2D eigenvalue weighted by Gasteiger charge is 2.65. The third kappa shape index (κ3) is 2.21. The molecular weight excluding hydrogens is 326 g/mol. The standard InChI is InChI=1S/C22H31NO3/c1-5-22-17-12-16(15-8-7-9-18(24)20(15)26-4)21(22)23(6-2)13-14(17)10-11-19(22)25-3/h5,7-9,14,16-17,19,21,24H,1,6,10-13H2,2-4H3. The van der Waals surface area contributed by atoms with E-state index in [9.17, 15) is 5.11 Å². The number of ether oxygens (including phenoxy) is 2. The molecule has 3 aliphatic rings. The van der Waals surface area contributed by atoms with Crippen molar-refractivity contribution in [3.8, 4) is 11.5 Å². The van der Waals surface area contributed by atoms with E-state index in [1.165, 1.54) is 6.42 Å². The van der Waals surface area contributed by atoms with Crippen molar-refractivity contribution in [3.05, 3.63) is 36.4 Å². The van der Waals surface area contributed by atoms with Gasteiger partial charge < -0.3 is 14.6 Å². The fourth-order valence-corrected chi connectivity index (χ4v) is 6.63. The number of likely N-dealkylation sites (tertiary alicyclic amines) is 1. The Morgan fingerprint density at radius 1 is 1.35 bits per heavy atom. The molecule has 3 fully saturated rings. The molecule has 4 bridgehead atoms. The Balaban J connectivity index is 1.87. The molecule has 1 N–H and O–H groups in total. The van der Waals surface area contributed by atoms with E-state index in [0.717, 1.165) is 31.5 Å². The van der Waals surface area contributed by atoms with Gasteiger partial charge in [-0.05, 0) is 43.7 Å². The number of benzene rings is 1. The number of nitrogens with zero attached hydrogens (tertiary/aromatic N) is 1. The zero-order valence-corrected chi connectivity index (χ0v) is 16.1. The van der Waals surface area contributed by atoms with E-state index >= 15 is 0 Å². The van der Waals surface area contributed by atoms with Gasteiger partial charge in [0, 0.05) is 36.6 Å². The first kappa shape index (κ1) is 17.9. The molecule has 1 aliphatic heterocycles. The van der Waals surface area contributed by atoms with Crippen molar-refractivity contribution >= 4 is 0 Å². The molecular formula is C22H31NO3. The first-order chi connectivity index (χ1) is 12.6. The highest BCUT2D eigenvalue weighted by molar-refractivity contribution is 5.49. The number of methoxy groups -OCH3 is 2. The molecule has 4 rings (SSSR count). The lowest BCUT2D eigenvalue weighted by Crippen LogP contribution is -2.63. The summed E-state index contributed by atoms with van der Waals surface area (Å²) in [5, 5.41) is 10.3. The zero-order chi connectivity index (χ0) is 18.5. The van der Waals surface area contributed by atoms with Crippen LogP contribution in [-0.2, 0) is 4.74 Å². The molecule has 0 radical (unpaired) electrons. The number of piperidine rings is 1. The number of phenols is 1. The van der Waals surface area contributed by atoms with Crippen LogP contribution in [-0.4, -0.2) is 49.5 Å². The maximum Gasteiger partial charge on any atom is 0.163 e. The van der Waals surface area contributed by atoms with Crippen molar-refractivity contribution in [1.82, 2.24) is 4.90 Å². The Kier molecular flexibility index (Phi) is 4.52. The Morgan fingerprint density at radius 3 is 2.81 bits per heavy atom. The monoisotopic (exact) mass is 357 g/mol. The molecule has 6 atom stereocenters. The van der Waals surface area contributed by atoms with E-state index in [2.05, 4.69) is 30.5 Å². The van der Waals surface area contributed by atoms with Gasteiger partial charge in [0.15, 0.2) is 11.5 Å². The summed E-state index contributed by atoms with van der Waals surface area (Å²) < 4.78 is 11.6. The molecule has 1 aromatic carbocycles. The molecule has 2 saturated carbocycles. The van der Waals surface area contributed by atoms with Gasteiger partial charge in [-0.2, -0.15) is 0 Å². The second-order valence-corrected chi connectivity index (χ2v) is 8.15. The van der Waals surface area contributed by atoms with Gasteiger partial charge in [0.25, 0.3) is 0 Å². The molecule has 0 aromatic heterocycles. The first-order valence-electron chi connectivity index (χ1n) is 9.88. The smallest absolute Gasteiger partial charge is 0.163 e. The lowest BCUT2D eigenvalue weighted by Gasteiger charge is -2.58. The maximum absolute atomic E-state index is 10.3. The lowest BCUT2D eigenvalue weighted by molar-refractivity contribution is -0.125. The van der Waals surface area contributed by atoms with Crippen LogP contribution in [0.2, 0.25) is 0 Å². The van der Waals surface area contributed by atoms with Gasteiger partial charge in [0.05, 0.1) is 13.2 Å². The highest BCUT2D eigenvalue weighted by atomic mass is 16.5. The molecule has 26 heavy (non-hydrogen) atoms. The molecule has 142 valence electrons. The quantitative estimate of drug-likeness (QED) is 0.814. The van der Waals surface area contributed by atoms with Gasteiger partial charge in [0.2, 0.25) is 0 Å². The van der Waals surface area contributed by atoms with E-state index < -0.39 is 0 Å². The molecule has 0 amide bonds. The van der Waals surface area contributed by atoms with Crippen molar-refractivity contribution in [1.29, 1.82) is 0 Å². The van der Waals surface area contributed by atoms with Crippen LogP contribution >= 0.6 is 0 Å². The Morgan fingerprint density at radius 2 is 2.15 bits per heavy atom. The average molecular weight is 357 g/mol. The SMILES string of the molecule is C=CC12C(OC)CCC3CN(CC)C1C(c1cccc(O)c1OC)CC32. The maximum atomic E-state index is 10.3. The average Bonchev–Trinajstić information content (AvgIpc) is 2.91. The van der Waals surface area contributed by atoms with Gasteiger partial charge in [-0.25, -0.2) is 0 Å². The minimum absolute atomic E-state index is 0.0208. The van der Waals surface area contributed by atoms with Gasteiger partial charge >= 0.3 is 0 Å². The summed E-state index contributed by atoms with van der Waals surface area (Å²) in [6.45, 7) is 8.75. The van der Waals surface area contributed by atoms with E-state index in [4.69, 9.17) is 9.47 Å². The number of phenolic OH excluding ortho intramolecular Hbond substituents is 1. The summed E-state index contributed by atoms with van der Waals surface area (Å²) >= 11 is 0. The second kappa shape index (κ2) is 6.58. The summed E-state index contributed by atoms with van der Waals surface area (Å²) in [6, 6.07) is 6.11. The number of hydrogen-bond acceptors (Lipinski definition) is 4. The number of aromatic hydroxyl groups is 1. The number of para-hydroxylation sites is 1. The second-order valence-electron chi connectivity index (χ2n) is 8.15. The molecule has 6 unspecified atom stereocenters. The molecule has 4 heteroatoms. The van der Waals surface area contributed by atoms with Crippen LogP contribution in [0.5, 0.6) is 11.5 Å². The Bertz CT molecular complexity index is 690. The third-order valence-electron chi connectivity index (χ3n) is 7.50. The topological polar surface area (TPSA) is 41.9 Å². The summed E-state index contributed by atoms with van der Waals surface area (Å²) in [7, 11) is 3.50. The van der Waals surface area contributed by atoms with E-state index in [1.54, 1.807) is 13.2 Å². The molecule has 0 spiro atoms. The predicted octanol–water partition coefficient (Wildman–Crippen LogP) is 3.81. The van der Waals surface area contributed by atoms with Crippen molar-refractivity contribution < 1.29 is 14.6 Å². The van der Waals surface area contributed by atoms with Crippen LogP contribution in [0.1, 0.15) is 37.7 Å². The molecule has 1 saturated heterocycles. The first-order valence-corrected chi connectivity index (χ1v) is 9.88. The Labute approximate surface area is 156 Å². The largest absolute Gasteiger partial charge is 0.504 e. The van der Waals surface area contributed by atoms with Gasteiger partial charge in [-0.3, -0.25) is 4.90 Å². The Hall–Kier alpha value is -1.52. The summed E-state index contributed by atoms with van der Waals surface area (Å²) in [6.07, 6.45) is 5.87. The van der Waals surface area contributed by atoms with Crippen molar-refractivity contribution in [2.24, 2.45) is 17.3 Å². The normalized spacial score (nSPS) is 39.0. The van der Waals surface area contributed by atoms with Crippen LogP contribution in [0.4, 0.5) is 0 Å². The summed E-state index contributed by atoms with van der Waals surface area (Å²) in [5.41, 5.74) is 1.11. The van der Waals surface area contributed by atoms with E-state index in [-0.39, 0.29) is 17.3 Å². The van der Waals surface area contributed by atoms with E-state index in [0.29, 0.717) is 29.5 Å². The van der Waals surface area contributed by atoms with Crippen LogP contribution in [0, 0.1) is 17.3 Å². The number of rotatable bonds is 5. The molecule has 1 aromatic rings. The molecule has 2 aliphatic carbocycles. The van der Waals surface area contributed by atoms with Crippen LogP contribution in [0.15, 0.2) is 30.9 Å². The highest BCUT2D eigenvalue weighted by Crippen LogP contribution is 2.65.